The van der Waals surface area contributed by atoms with E-state index in [0.29, 0.717) is 19.2 Å². The van der Waals surface area contributed by atoms with Gasteiger partial charge in [0.15, 0.2) is 0 Å². The predicted octanol–water partition coefficient (Wildman–Crippen LogP) is 0.678. The van der Waals surface area contributed by atoms with Crippen LogP contribution in [0.15, 0.2) is 18.2 Å². The van der Waals surface area contributed by atoms with E-state index in [1.165, 1.54) is 4.90 Å². The highest BCUT2D eigenvalue weighted by Crippen LogP contribution is 2.14. The van der Waals surface area contributed by atoms with E-state index in [1.807, 2.05) is 13.8 Å². The van der Waals surface area contributed by atoms with Crippen LogP contribution in [0, 0.1) is 17.6 Å². The monoisotopic (exact) mass is 339 g/mol. The Labute approximate surface area is 138 Å². The number of benzene rings is 1. The fourth-order valence-electron chi connectivity index (χ4n) is 2.67. The van der Waals surface area contributed by atoms with Crippen LogP contribution in [-0.4, -0.2) is 48.3 Å². The summed E-state index contributed by atoms with van der Waals surface area (Å²) in [5.74, 6) is -3.25. The summed E-state index contributed by atoms with van der Waals surface area (Å²) in [6.45, 7) is 3.98. The summed E-state index contributed by atoms with van der Waals surface area (Å²) in [6.07, 6.45) is 0. The normalized spacial score (nSPS) is 17.6. The number of amides is 3. The SMILES string of the molecule is CC(C)C1C(=O)NCCN1C(=O)CNC(=O)c1cc(F)cc(F)c1. The lowest BCUT2D eigenvalue weighted by Crippen LogP contribution is -2.60. The van der Waals surface area contributed by atoms with Crippen LogP contribution in [0.3, 0.4) is 0 Å². The lowest BCUT2D eigenvalue weighted by atomic mass is 9.99. The molecule has 6 nitrogen and oxygen atoms in total. The minimum Gasteiger partial charge on any atom is -0.353 e. The second-order valence-electron chi connectivity index (χ2n) is 5.91. The Bertz CT molecular complexity index is 644. The highest BCUT2D eigenvalue weighted by molar-refractivity contribution is 5.97. The fourth-order valence-corrected chi connectivity index (χ4v) is 2.67. The van der Waals surface area contributed by atoms with Crippen molar-refractivity contribution in [2.75, 3.05) is 19.6 Å². The van der Waals surface area contributed by atoms with E-state index in [1.54, 1.807) is 0 Å². The number of hydrogen-bond acceptors (Lipinski definition) is 3. The molecule has 0 aliphatic carbocycles. The molecule has 0 radical (unpaired) electrons. The highest BCUT2D eigenvalue weighted by Gasteiger charge is 2.35. The first-order chi connectivity index (χ1) is 11.3. The molecule has 0 bridgehead atoms. The third kappa shape index (κ3) is 4.06. The van der Waals surface area contributed by atoms with Gasteiger partial charge in [0.25, 0.3) is 5.91 Å². The Hall–Kier alpha value is -2.51. The van der Waals surface area contributed by atoms with Crippen LogP contribution < -0.4 is 10.6 Å². The third-order valence-corrected chi connectivity index (χ3v) is 3.73. The molecule has 1 aliphatic rings. The van der Waals surface area contributed by atoms with Crippen LogP contribution in [-0.2, 0) is 9.59 Å². The Balaban J connectivity index is 2.01. The van der Waals surface area contributed by atoms with Crippen molar-refractivity contribution in [2.24, 2.45) is 5.92 Å². The van der Waals surface area contributed by atoms with Gasteiger partial charge in [-0.15, -0.1) is 0 Å². The highest BCUT2D eigenvalue weighted by atomic mass is 19.1. The lowest BCUT2D eigenvalue weighted by Gasteiger charge is -2.37. The van der Waals surface area contributed by atoms with Crippen molar-refractivity contribution in [3.63, 3.8) is 0 Å². The largest absolute Gasteiger partial charge is 0.353 e. The molecule has 1 unspecified atom stereocenters. The van der Waals surface area contributed by atoms with Crippen molar-refractivity contribution < 1.29 is 23.2 Å². The molecule has 2 rings (SSSR count). The molecule has 1 heterocycles. The first-order valence-corrected chi connectivity index (χ1v) is 7.61. The molecular weight excluding hydrogens is 320 g/mol. The van der Waals surface area contributed by atoms with Gasteiger partial charge in [-0.25, -0.2) is 8.78 Å². The average molecular weight is 339 g/mol. The zero-order chi connectivity index (χ0) is 17.9. The number of nitrogens with zero attached hydrogens (tertiary/aromatic N) is 1. The maximum Gasteiger partial charge on any atom is 0.251 e. The van der Waals surface area contributed by atoms with Crippen LogP contribution in [0.4, 0.5) is 8.78 Å². The van der Waals surface area contributed by atoms with Crippen molar-refractivity contribution >= 4 is 17.7 Å². The summed E-state index contributed by atoms with van der Waals surface area (Å²) in [6, 6.07) is 1.82. The Morgan fingerprint density at radius 2 is 1.92 bits per heavy atom. The standard InChI is InChI=1S/C16H19F2N3O3/c1-9(2)14-16(24)19-3-4-21(14)13(22)8-20-15(23)10-5-11(17)7-12(18)6-10/h5-7,9,14H,3-4,8H2,1-2H3,(H,19,24)(H,20,23). The van der Waals surface area contributed by atoms with Gasteiger partial charge in [-0.2, -0.15) is 0 Å². The van der Waals surface area contributed by atoms with Gasteiger partial charge in [-0.3, -0.25) is 14.4 Å². The molecule has 1 atom stereocenters. The second kappa shape index (κ2) is 7.37. The summed E-state index contributed by atoms with van der Waals surface area (Å²) in [5.41, 5.74) is -0.211. The number of carbonyl (C=O) groups excluding carboxylic acids is 3. The molecule has 3 amide bonds. The van der Waals surface area contributed by atoms with Crippen molar-refractivity contribution in [1.29, 1.82) is 0 Å². The van der Waals surface area contributed by atoms with Crippen LogP contribution in [0.2, 0.25) is 0 Å². The van der Waals surface area contributed by atoms with Crippen molar-refractivity contribution in [3.05, 3.63) is 35.4 Å². The minimum atomic E-state index is -0.876. The summed E-state index contributed by atoms with van der Waals surface area (Å²) in [7, 11) is 0. The first-order valence-electron chi connectivity index (χ1n) is 7.61. The van der Waals surface area contributed by atoms with Gasteiger partial charge >= 0.3 is 0 Å². The smallest absolute Gasteiger partial charge is 0.251 e. The lowest BCUT2D eigenvalue weighted by molar-refractivity contribution is -0.144. The molecule has 130 valence electrons. The number of hydrogen-bond donors (Lipinski definition) is 2. The Morgan fingerprint density at radius 3 is 2.50 bits per heavy atom. The van der Waals surface area contributed by atoms with E-state index in [2.05, 4.69) is 10.6 Å². The Morgan fingerprint density at radius 1 is 1.29 bits per heavy atom. The van der Waals surface area contributed by atoms with Gasteiger partial charge in [0, 0.05) is 24.7 Å². The van der Waals surface area contributed by atoms with Crippen molar-refractivity contribution in [3.8, 4) is 0 Å². The van der Waals surface area contributed by atoms with E-state index in [9.17, 15) is 23.2 Å². The van der Waals surface area contributed by atoms with Crippen LogP contribution in [0.1, 0.15) is 24.2 Å². The number of nitrogens with one attached hydrogen (secondary N) is 2. The number of piperazine rings is 1. The molecule has 1 saturated heterocycles. The van der Waals surface area contributed by atoms with Gasteiger partial charge in [-0.05, 0) is 18.1 Å². The summed E-state index contributed by atoms with van der Waals surface area (Å²) < 4.78 is 26.2. The number of rotatable bonds is 4. The quantitative estimate of drug-likeness (QED) is 0.847. The first kappa shape index (κ1) is 17.8. The zero-order valence-corrected chi connectivity index (χ0v) is 13.4. The van der Waals surface area contributed by atoms with E-state index in [-0.39, 0.29) is 23.9 Å². The summed E-state index contributed by atoms with van der Waals surface area (Å²) in [5, 5.41) is 5.03. The molecule has 1 aliphatic heterocycles. The van der Waals surface area contributed by atoms with Gasteiger partial charge in [0.05, 0.1) is 6.54 Å². The molecule has 24 heavy (non-hydrogen) atoms. The van der Waals surface area contributed by atoms with E-state index >= 15 is 0 Å². The van der Waals surface area contributed by atoms with Crippen molar-refractivity contribution in [2.45, 2.75) is 19.9 Å². The minimum absolute atomic E-state index is 0.0812. The van der Waals surface area contributed by atoms with Gasteiger partial charge in [0.2, 0.25) is 11.8 Å². The molecule has 1 aromatic rings. The fraction of sp³-hybridized carbons (Fsp3) is 0.438. The molecule has 0 spiro atoms. The summed E-state index contributed by atoms with van der Waals surface area (Å²) in [4.78, 5) is 37.6. The number of carbonyl (C=O) groups is 3. The molecule has 1 aromatic carbocycles. The molecule has 0 aromatic heterocycles. The molecular formula is C16H19F2N3O3. The van der Waals surface area contributed by atoms with E-state index in [0.717, 1.165) is 12.1 Å². The van der Waals surface area contributed by atoms with Gasteiger partial charge in [-0.1, -0.05) is 13.8 Å². The second-order valence-corrected chi connectivity index (χ2v) is 5.91. The molecule has 8 heteroatoms. The molecule has 0 saturated carbocycles. The third-order valence-electron chi connectivity index (χ3n) is 3.73. The van der Waals surface area contributed by atoms with Crippen LogP contribution in [0.25, 0.3) is 0 Å². The summed E-state index contributed by atoms with van der Waals surface area (Å²) >= 11 is 0. The predicted molar refractivity (Wildman–Crippen MR) is 82.0 cm³/mol. The van der Waals surface area contributed by atoms with E-state index < -0.39 is 29.5 Å². The topological polar surface area (TPSA) is 78.5 Å². The van der Waals surface area contributed by atoms with E-state index in [4.69, 9.17) is 0 Å². The van der Waals surface area contributed by atoms with Gasteiger partial charge in [0.1, 0.15) is 17.7 Å². The average Bonchev–Trinajstić information content (AvgIpc) is 2.50. The maximum absolute atomic E-state index is 13.1. The van der Waals surface area contributed by atoms with Crippen LogP contribution >= 0.6 is 0 Å². The molecule has 2 N–H and O–H groups in total. The zero-order valence-electron chi connectivity index (χ0n) is 13.4. The van der Waals surface area contributed by atoms with Crippen LogP contribution in [0.5, 0.6) is 0 Å². The Kier molecular flexibility index (Phi) is 5.48. The molecule has 1 fully saturated rings. The maximum atomic E-state index is 13.1. The van der Waals surface area contributed by atoms with Gasteiger partial charge < -0.3 is 15.5 Å². The van der Waals surface area contributed by atoms with Crippen molar-refractivity contribution in [1.82, 2.24) is 15.5 Å². The number of halogens is 2.